The monoisotopic (exact) mass is 1290 g/mol. The van der Waals surface area contributed by atoms with Crippen molar-refractivity contribution >= 4 is 168 Å². The zero-order valence-corrected chi connectivity index (χ0v) is 57.2. The Morgan fingerprint density at radius 3 is 0.643 bits per heavy atom. The fourth-order valence-electron chi connectivity index (χ4n) is 16.7. The predicted octanol–water partition coefficient (Wildman–Crippen LogP) is 27.1. The second kappa shape index (κ2) is 23.7. The molecule has 0 aliphatic heterocycles. The first-order chi connectivity index (χ1) is 40.4. The van der Waals surface area contributed by atoms with Crippen LogP contribution in [0.4, 0.5) is 0 Å². The molecule has 0 amide bonds. The normalized spacial score (nSPS) is 14.8. The van der Waals surface area contributed by atoms with Gasteiger partial charge in [-0.3, -0.25) is 0 Å². The van der Waals surface area contributed by atoms with Gasteiger partial charge in [-0.25, -0.2) is 0 Å². The second-order valence-electron chi connectivity index (χ2n) is 30.1. The Bertz CT molecular complexity index is 3880. The third kappa shape index (κ3) is 10.6. The minimum absolute atomic E-state index is 0.698. The minimum atomic E-state index is 0.698. The van der Waals surface area contributed by atoms with Crippen molar-refractivity contribution in [3.63, 3.8) is 0 Å². The molecule has 0 aromatic heterocycles. The molecule has 438 valence electrons. The van der Waals surface area contributed by atoms with Gasteiger partial charge in [0.2, 0.25) is 0 Å². The quantitative estimate of drug-likeness (QED) is 0.0260. The lowest BCUT2D eigenvalue weighted by Gasteiger charge is -2.30. The van der Waals surface area contributed by atoms with Gasteiger partial charge in [0, 0.05) is 8.04 Å². The van der Waals surface area contributed by atoms with Gasteiger partial charge in [0.15, 0.2) is 0 Å². The molecule has 4 unspecified atom stereocenters. The van der Waals surface area contributed by atoms with Gasteiger partial charge in [0.1, 0.15) is 0 Å². The highest BCUT2D eigenvalue weighted by atomic mass is 127. The third-order valence-corrected chi connectivity index (χ3v) is 22.4. The maximum Gasteiger partial charge on any atom is 0.0188 e. The number of rotatable bonds is 28. The van der Waals surface area contributed by atoms with Crippen molar-refractivity contribution < 1.29 is 0 Å². The Morgan fingerprint density at radius 1 is 0.250 bits per heavy atom. The van der Waals surface area contributed by atoms with Crippen molar-refractivity contribution in [1.82, 2.24) is 0 Å². The second-order valence-corrected chi connectivity index (χ2v) is 32.3. The zero-order valence-electron chi connectivity index (χ0n) is 53.4. The molecule has 13 aromatic rings. The first-order valence-corrected chi connectivity index (χ1v) is 35.9. The van der Waals surface area contributed by atoms with Crippen LogP contribution in [0.5, 0.6) is 0 Å². The number of hydrogen-bond acceptors (Lipinski definition) is 0. The Morgan fingerprint density at radius 2 is 0.440 bits per heavy atom. The van der Waals surface area contributed by atoms with E-state index < -0.39 is 0 Å². The summed E-state index contributed by atoms with van der Waals surface area (Å²) in [5, 5.41) is 35.7. The van der Waals surface area contributed by atoms with E-state index in [1.54, 1.807) is 0 Å². The van der Waals surface area contributed by atoms with Crippen molar-refractivity contribution in [1.29, 1.82) is 0 Å². The summed E-state index contributed by atoms with van der Waals surface area (Å²) in [5.74, 6) is 5.86. The molecule has 0 saturated heterocycles. The maximum absolute atomic E-state index is 4.28. The fourth-order valence-corrected chi connectivity index (χ4v) is 17.8. The van der Waals surface area contributed by atoms with E-state index in [0.29, 0.717) is 23.7 Å². The summed E-state index contributed by atoms with van der Waals surface area (Å²) in [7, 11) is 0. The van der Waals surface area contributed by atoms with Gasteiger partial charge >= 0.3 is 0 Å². The molecule has 13 rings (SSSR count). The first kappa shape index (κ1) is 58.8. The summed E-state index contributed by atoms with van der Waals surface area (Å²) in [6.07, 6.45) is 25.2. The van der Waals surface area contributed by atoms with Crippen LogP contribution in [-0.2, 0) is 25.7 Å². The average Bonchev–Trinajstić information content (AvgIpc) is 0.760. The molecule has 0 spiro atoms. The van der Waals surface area contributed by atoms with Crippen molar-refractivity contribution in [2.45, 2.75) is 212 Å². The molecular weight excluding hydrogens is 1190 g/mol. The summed E-state index contributed by atoms with van der Waals surface area (Å²) < 4.78 is 2.54. The van der Waals surface area contributed by atoms with Gasteiger partial charge in [0.05, 0.1) is 0 Å². The molecule has 2 heteroatoms. The maximum atomic E-state index is 4.28. The van der Waals surface area contributed by atoms with E-state index >= 15 is 0 Å². The predicted molar refractivity (Wildman–Crippen MR) is 389 cm³/mol. The van der Waals surface area contributed by atoms with Crippen LogP contribution in [0.3, 0.4) is 0 Å². The van der Waals surface area contributed by atoms with Gasteiger partial charge in [-0.05, 0) is 297 Å². The topological polar surface area (TPSA) is 0 Å². The van der Waals surface area contributed by atoms with Crippen molar-refractivity contribution in [3.05, 3.63) is 103 Å². The van der Waals surface area contributed by atoms with Crippen LogP contribution in [0.1, 0.15) is 208 Å². The smallest absolute Gasteiger partial charge is 0.0188 e. The number of hydrogen-bond donors (Lipinski definition) is 0. The standard InChI is InChI=1S/C82H96BrI/c1-45(2)17-13-21-49(9)25-29-53-33-59-61-35-55(31-27-51(11)23-15-19-47(5)6)39-65-69-43-58(84)44-70-66-40-56(32-28-52(12)24-16-20-48(7)8)36-62-60-34-54(30-26-50(10)22-14-18-46(3)4)38-64-68-42-57(83)41-67-63(37-53)71(59)77-79(73(61)65)82(76(69)70)80(74(62)66)78(72(60)64)81(77)75(67)68/h33-52H,13-32H2,1-12H3. The third-order valence-electron chi connectivity index (χ3n) is 21.4. The Kier molecular flexibility index (Phi) is 16.6. The molecular formula is C82H96BrI. The Balaban J connectivity index is 1.14. The average molecular weight is 1290 g/mol. The summed E-state index contributed by atoms with van der Waals surface area (Å²) in [4.78, 5) is 0. The number of halogens is 2. The lowest BCUT2D eigenvalue weighted by Crippen LogP contribution is -2.04. The Hall–Kier alpha value is -4.25. The fraction of sp³-hybridized carbons (Fsp3) is 0.488. The van der Waals surface area contributed by atoms with Crippen LogP contribution in [0.15, 0.2) is 77.3 Å². The SMILES string of the molecule is CC(C)CCCC(C)CCc1cc2c3cc(Br)cc4c5cc(CCC(C)CCCC(C)C)cc6c7cc(CCC(C)CCCC(C)C)cc8c9cc(I)cc%10c%11cc(CCC(C)CCCC(C)C)cc%12c(c1)c2c1c(c34)c(c56)c(c87)c(c%109)c1c%11%12. The molecule has 0 saturated carbocycles. The molecule has 0 aliphatic rings. The number of fused-ring (bicyclic) bond motifs is 6. The van der Waals surface area contributed by atoms with Crippen LogP contribution in [0, 0.1) is 50.9 Å². The summed E-state index contributed by atoms with van der Waals surface area (Å²) in [6, 6.07) is 31.9. The zero-order chi connectivity index (χ0) is 58.6. The highest BCUT2D eigenvalue weighted by Gasteiger charge is 2.33. The molecule has 4 atom stereocenters. The summed E-state index contributed by atoms with van der Waals surface area (Å²) in [5.41, 5.74) is 6.04. The molecule has 0 bridgehead atoms. The van der Waals surface area contributed by atoms with Crippen LogP contribution in [0.25, 0.3) is 129 Å². The van der Waals surface area contributed by atoms with E-state index in [1.807, 2.05) is 0 Å². The molecule has 0 radical (unpaired) electrons. The van der Waals surface area contributed by atoms with Gasteiger partial charge in [-0.1, -0.05) is 225 Å². The molecule has 13 aromatic carbocycles. The van der Waals surface area contributed by atoms with Gasteiger partial charge < -0.3 is 0 Å². The molecule has 0 aliphatic carbocycles. The minimum Gasteiger partial charge on any atom is -0.0628 e. The van der Waals surface area contributed by atoms with E-state index in [-0.39, 0.29) is 0 Å². The first-order valence-electron chi connectivity index (χ1n) is 34.0. The lowest BCUT2D eigenvalue weighted by atomic mass is 9.72. The van der Waals surface area contributed by atoms with Crippen LogP contribution in [-0.4, -0.2) is 0 Å². The molecule has 0 heterocycles. The summed E-state index contributed by atoms with van der Waals surface area (Å²) in [6.45, 7) is 29.2. The Labute approximate surface area is 525 Å². The number of benzene rings is 13. The van der Waals surface area contributed by atoms with Crippen molar-refractivity contribution in [2.75, 3.05) is 0 Å². The molecule has 0 nitrogen and oxygen atoms in total. The van der Waals surface area contributed by atoms with Crippen molar-refractivity contribution in [3.8, 4) is 0 Å². The number of aryl methyl sites for hydroxylation is 4. The van der Waals surface area contributed by atoms with E-state index in [0.717, 1.165) is 49.4 Å². The largest absolute Gasteiger partial charge is 0.0628 e. The van der Waals surface area contributed by atoms with E-state index in [4.69, 9.17) is 0 Å². The van der Waals surface area contributed by atoms with Crippen LogP contribution < -0.4 is 0 Å². The van der Waals surface area contributed by atoms with Crippen LogP contribution in [0.2, 0.25) is 0 Å². The van der Waals surface area contributed by atoms with Gasteiger partial charge in [0.25, 0.3) is 0 Å². The van der Waals surface area contributed by atoms with E-state index in [2.05, 4.69) is 194 Å². The highest BCUT2D eigenvalue weighted by Crippen LogP contribution is 2.61. The van der Waals surface area contributed by atoms with Gasteiger partial charge in [-0.2, -0.15) is 0 Å². The molecule has 0 fully saturated rings. The molecule has 84 heavy (non-hydrogen) atoms. The van der Waals surface area contributed by atoms with E-state index in [1.165, 1.54) is 262 Å². The highest BCUT2D eigenvalue weighted by molar-refractivity contribution is 14.1. The lowest BCUT2D eigenvalue weighted by molar-refractivity contribution is 0.437. The van der Waals surface area contributed by atoms with E-state index in [9.17, 15) is 0 Å². The van der Waals surface area contributed by atoms with Gasteiger partial charge in [-0.15, -0.1) is 0 Å². The van der Waals surface area contributed by atoms with Crippen LogP contribution >= 0.6 is 38.5 Å². The van der Waals surface area contributed by atoms with Crippen molar-refractivity contribution in [2.24, 2.45) is 47.3 Å². The summed E-state index contributed by atoms with van der Waals surface area (Å²) >= 11 is 6.98. The molecule has 0 N–H and O–H groups in total.